The number of nitrogens with one attached hydrogen (secondary N) is 2. The number of carbonyl (C=O) groups is 2. The molecule has 8 heteroatoms. The van der Waals surface area contributed by atoms with Gasteiger partial charge in [0.2, 0.25) is 0 Å². The number of pyridine rings is 1. The van der Waals surface area contributed by atoms with Crippen molar-refractivity contribution in [2.24, 2.45) is 0 Å². The highest BCUT2D eigenvalue weighted by atomic mass is 16.2. The maximum absolute atomic E-state index is 13.1. The Kier molecular flexibility index (Phi) is 4.23. The molecule has 3 aromatic heterocycles. The van der Waals surface area contributed by atoms with E-state index < -0.39 is 0 Å². The molecule has 2 amide bonds. The quantitative estimate of drug-likeness (QED) is 0.563. The molecule has 1 aliphatic rings. The molecule has 0 bridgehead atoms. The Bertz CT molecular complexity index is 1180. The summed E-state index contributed by atoms with van der Waals surface area (Å²) in [6.07, 6.45) is 6.90. The predicted molar refractivity (Wildman–Crippen MR) is 108 cm³/mol. The van der Waals surface area contributed by atoms with Gasteiger partial charge < -0.3 is 19.6 Å². The molecule has 1 atom stereocenters. The summed E-state index contributed by atoms with van der Waals surface area (Å²) < 4.78 is 1.83. The minimum Gasteiger partial charge on any atom is -0.345 e. The zero-order valence-corrected chi connectivity index (χ0v) is 15.7. The van der Waals surface area contributed by atoms with Gasteiger partial charge in [0.1, 0.15) is 0 Å². The molecule has 5 rings (SSSR count). The Labute approximate surface area is 166 Å². The molecule has 146 valence electrons. The van der Waals surface area contributed by atoms with Crippen LogP contribution in [0.2, 0.25) is 0 Å². The summed E-state index contributed by atoms with van der Waals surface area (Å²) >= 11 is 0. The molecule has 2 N–H and O–H groups in total. The van der Waals surface area contributed by atoms with E-state index in [0.29, 0.717) is 24.5 Å². The number of H-pyrrole nitrogens is 1. The normalized spacial score (nSPS) is 17.0. The van der Waals surface area contributed by atoms with E-state index in [9.17, 15) is 9.59 Å². The van der Waals surface area contributed by atoms with Crippen LogP contribution in [0.3, 0.4) is 0 Å². The summed E-state index contributed by atoms with van der Waals surface area (Å²) in [4.78, 5) is 39.1. The van der Waals surface area contributed by atoms with Crippen molar-refractivity contribution >= 4 is 28.4 Å². The van der Waals surface area contributed by atoms with Crippen molar-refractivity contribution in [2.45, 2.75) is 18.9 Å². The van der Waals surface area contributed by atoms with E-state index in [4.69, 9.17) is 0 Å². The second kappa shape index (κ2) is 7.05. The second-order valence-electron chi connectivity index (χ2n) is 7.27. The standard InChI is InChI=1S/C21H20N6O2/c28-20(19-24-16-7-1-2-8-17(16)25-19)23-14-5-3-9-26(12-14)21(29)15-6-4-10-27-13-22-11-18(15)27/h1-2,4,6-8,10-11,13-14H,3,5,9,12H2,(H,23,28)(H,24,25). The molecule has 0 spiro atoms. The van der Waals surface area contributed by atoms with Gasteiger partial charge in [0, 0.05) is 25.3 Å². The van der Waals surface area contributed by atoms with Gasteiger partial charge in [0.05, 0.1) is 34.6 Å². The van der Waals surface area contributed by atoms with E-state index in [2.05, 4.69) is 20.3 Å². The molecule has 1 fully saturated rings. The van der Waals surface area contributed by atoms with Crippen LogP contribution in [0.4, 0.5) is 0 Å². The number of hydrogen-bond donors (Lipinski definition) is 2. The van der Waals surface area contributed by atoms with Crippen molar-refractivity contribution in [3.05, 3.63) is 66.5 Å². The SMILES string of the molecule is O=C(NC1CCCN(C(=O)c2cccn3cncc23)C1)c1nc2ccccc2[nH]1. The highest BCUT2D eigenvalue weighted by molar-refractivity contribution is 6.00. The molecule has 0 saturated carbocycles. The number of fused-ring (bicyclic) bond motifs is 2. The van der Waals surface area contributed by atoms with Crippen LogP contribution in [0, 0.1) is 0 Å². The molecular formula is C21H20N6O2. The number of para-hydroxylation sites is 2. The largest absolute Gasteiger partial charge is 0.345 e. The van der Waals surface area contributed by atoms with Gasteiger partial charge in [0.15, 0.2) is 5.82 Å². The van der Waals surface area contributed by atoms with Crippen molar-refractivity contribution in [2.75, 3.05) is 13.1 Å². The van der Waals surface area contributed by atoms with Crippen molar-refractivity contribution in [3.63, 3.8) is 0 Å². The van der Waals surface area contributed by atoms with E-state index >= 15 is 0 Å². The molecular weight excluding hydrogens is 368 g/mol. The van der Waals surface area contributed by atoms with Gasteiger partial charge in [-0.2, -0.15) is 0 Å². The first-order valence-corrected chi connectivity index (χ1v) is 9.64. The fraction of sp³-hybridized carbons (Fsp3) is 0.238. The molecule has 4 heterocycles. The van der Waals surface area contributed by atoms with Crippen molar-refractivity contribution in [1.82, 2.24) is 29.6 Å². The topological polar surface area (TPSA) is 95.4 Å². The molecule has 8 nitrogen and oxygen atoms in total. The smallest absolute Gasteiger partial charge is 0.287 e. The van der Waals surface area contributed by atoms with Gasteiger partial charge in [0.25, 0.3) is 11.8 Å². The lowest BCUT2D eigenvalue weighted by Crippen LogP contribution is -2.49. The van der Waals surface area contributed by atoms with Gasteiger partial charge in [-0.1, -0.05) is 12.1 Å². The molecule has 1 aromatic carbocycles. The predicted octanol–water partition coefficient (Wildman–Crippen LogP) is 2.25. The van der Waals surface area contributed by atoms with Crippen LogP contribution < -0.4 is 5.32 Å². The van der Waals surface area contributed by atoms with E-state index in [1.165, 1.54) is 0 Å². The van der Waals surface area contributed by atoms with Crippen LogP contribution in [-0.4, -0.2) is 55.2 Å². The number of piperidine rings is 1. The summed E-state index contributed by atoms with van der Waals surface area (Å²) in [7, 11) is 0. The Morgan fingerprint density at radius 3 is 2.97 bits per heavy atom. The average molecular weight is 388 g/mol. The third-order valence-electron chi connectivity index (χ3n) is 5.33. The average Bonchev–Trinajstić information content (AvgIpc) is 3.40. The number of rotatable bonds is 3. The summed E-state index contributed by atoms with van der Waals surface area (Å²) in [6.45, 7) is 1.14. The lowest BCUT2D eigenvalue weighted by molar-refractivity contribution is 0.0676. The summed E-state index contributed by atoms with van der Waals surface area (Å²) in [5, 5.41) is 3.02. The number of aromatic nitrogens is 4. The third-order valence-corrected chi connectivity index (χ3v) is 5.33. The van der Waals surface area contributed by atoms with E-state index in [-0.39, 0.29) is 17.9 Å². The van der Waals surface area contributed by atoms with E-state index in [0.717, 1.165) is 29.4 Å². The Morgan fingerprint density at radius 2 is 2.07 bits per heavy atom. The molecule has 1 aliphatic heterocycles. The number of amides is 2. The fourth-order valence-electron chi connectivity index (χ4n) is 3.89. The van der Waals surface area contributed by atoms with Crippen molar-refractivity contribution in [1.29, 1.82) is 0 Å². The lowest BCUT2D eigenvalue weighted by atomic mass is 10.0. The first kappa shape index (κ1) is 17.4. The fourth-order valence-corrected chi connectivity index (χ4v) is 3.89. The van der Waals surface area contributed by atoms with Crippen molar-refractivity contribution < 1.29 is 9.59 Å². The molecule has 0 aliphatic carbocycles. The first-order valence-electron chi connectivity index (χ1n) is 9.64. The Hall–Kier alpha value is -3.68. The zero-order chi connectivity index (χ0) is 19.8. The number of nitrogens with zero attached hydrogens (tertiary/aromatic N) is 4. The van der Waals surface area contributed by atoms with Crippen molar-refractivity contribution in [3.8, 4) is 0 Å². The highest BCUT2D eigenvalue weighted by Crippen LogP contribution is 2.18. The summed E-state index contributed by atoms with van der Waals surface area (Å²) in [5.41, 5.74) is 2.99. The van der Waals surface area contributed by atoms with Gasteiger partial charge in [-0.05, 0) is 37.1 Å². The number of likely N-dealkylation sites (tertiary alicyclic amines) is 1. The third kappa shape index (κ3) is 3.22. The highest BCUT2D eigenvalue weighted by Gasteiger charge is 2.27. The van der Waals surface area contributed by atoms with Crippen LogP contribution in [0.1, 0.15) is 33.8 Å². The van der Waals surface area contributed by atoms with Gasteiger partial charge in [-0.25, -0.2) is 9.97 Å². The minimum atomic E-state index is -0.251. The van der Waals surface area contributed by atoms with Gasteiger partial charge in [-0.15, -0.1) is 0 Å². The van der Waals surface area contributed by atoms with Crippen LogP contribution in [-0.2, 0) is 0 Å². The minimum absolute atomic E-state index is 0.0428. The van der Waals surface area contributed by atoms with E-state index in [1.807, 2.05) is 47.0 Å². The summed E-state index contributed by atoms with van der Waals surface area (Å²) in [5.74, 6) is -0.00384. The Balaban J connectivity index is 1.31. The monoisotopic (exact) mass is 388 g/mol. The van der Waals surface area contributed by atoms with Crippen LogP contribution in [0.5, 0.6) is 0 Å². The van der Waals surface area contributed by atoms with Crippen LogP contribution >= 0.6 is 0 Å². The van der Waals surface area contributed by atoms with Gasteiger partial charge in [-0.3, -0.25) is 9.59 Å². The van der Waals surface area contributed by atoms with Gasteiger partial charge >= 0.3 is 0 Å². The maximum atomic E-state index is 13.1. The number of imidazole rings is 2. The Morgan fingerprint density at radius 1 is 1.17 bits per heavy atom. The molecule has 4 aromatic rings. The number of hydrogen-bond acceptors (Lipinski definition) is 4. The van der Waals surface area contributed by atoms with Crippen LogP contribution in [0.15, 0.2) is 55.1 Å². The molecule has 1 unspecified atom stereocenters. The lowest BCUT2D eigenvalue weighted by Gasteiger charge is -2.33. The zero-order valence-electron chi connectivity index (χ0n) is 15.7. The second-order valence-corrected chi connectivity index (χ2v) is 7.27. The maximum Gasteiger partial charge on any atom is 0.287 e. The molecule has 1 saturated heterocycles. The number of carbonyl (C=O) groups excluding carboxylic acids is 2. The number of benzene rings is 1. The molecule has 0 radical (unpaired) electrons. The number of aromatic amines is 1. The molecule has 29 heavy (non-hydrogen) atoms. The van der Waals surface area contributed by atoms with Crippen LogP contribution in [0.25, 0.3) is 16.6 Å². The summed E-state index contributed by atoms with van der Waals surface area (Å²) in [6, 6.07) is 11.1. The van der Waals surface area contributed by atoms with E-state index in [1.54, 1.807) is 17.4 Å². The first-order chi connectivity index (χ1) is 14.2.